The van der Waals surface area contributed by atoms with Crippen LogP contribution in [0.15, 0.2) is 15.9 Å². The fraction of sp³-hybridized carbons (Fsp3) is 0.667. The summed E-state index contributed by atoms with van der Waals surface area (Å²) in [7, 11) is 4.26. The summed E-state index contributed by atoms with van der Waals surface area (Å²) in [6.45, 7) is 6.76. The molecule has 1 heterocycles. The van der Waals surface area contributed by atoms with Gasteiger partial charge in [-0.25, -0.2) is 0 Å². The molecule has 0 saturated carbocycles. The highest BCUT2D eigenvalue weighted by Crippen LogP contribution is 2.24. The molecule has 16 heavy (non-hydrogen) atoms. The Balaban J connectivity index is 2.47. The van der Waals surface area contributed by atoms with Crippen LogP contribution in [-0.4, -0.2) is 43.5 Å². The second-order valence-corrected chi connectivity index (χ2v) is 6.13. The number of halogens is 1. The van der Waals surface area contributed by atoms with Gasteiger partial charge in [-0.1, -0.05) is 6.92 Å². The van der Waals surface area contributed by atoms with Crippen LogP contribution < -0.4 is 0 Å². The van der Waals surface area contributed by atoms with Gasteiger partial charge in [-0.2, -0.15) is 0 Å². The fourth-order valence-corrected chi connectivity index (χ4v) is 3.09. The molecular formula is C12H21BrN2S. The van der Waals surface area contributed by atoms with E-state index < -0.39 is 0 Å². The van der Waals surface area contributed by atoms with E-state index in [1.54, 1.807) is 0 Å². The Morgan fingerprint density at radius 3 is 2.50 bits per heavy atom. The average Bonchev–Trinajstić information content (AvgIpc) is 2.61. The van der Waals surface area contributed by atoms with Crippen molar-refractivity contribution in [2.24, 2.45) is 0 Å². The van der Waals surface area contributed by atoms with Crippen molar-refractivity contribution in [2.45, 2.75) is 19.9 Å². The van der Waals surface area contributed by atoms with Crippen molar-refractivity contribution in [2.75, 3.05) is 33.7 Å². The number of rotatable bonds is 7. The highest BCUT2D eigenvalue weighted by atomic mass is 79.9. The molecule has 0 spiro atoms. The molecule has 0 atom stereocenters. The third kappa shape index (κ3) is 4.95. The van der Waals surface area contributed by atoms with Crippen molar-refractivity contribution in [1.82, 2.24) is 9.80 Å². The number of nitrogens with zero attached hydrogens (tertiary/aromatic N) is 2. The quantitative estimate of drug-likeness (QED) is 0.763. The second kappa shape index (κ2) is 7.43. The van der Waals surface area contributed by atoms with E-state index in [-0.39, 0.29) is 0 Å². The predicted molar refractivity (Wildman–Crippen MR) is 76.1 cm³/mol. The van der Waals surface area contributed by atoms with Crippen LogP contribution in [0, 0.1) is 0 Å². The molecule has 0 unspecified atom stereocenters. The van der Waals surface area contributed by atoms with Crippen molar-refractivity contribution in [1.29, 1.82) is 0 Å². The smallest absolute Gasteiger partial charge is 0.0339 e. The topological polar surface area (TPSA) is 6.48 Å². The van der Waals surface area contributed by atoms with Crippen molar-refractivity contribution < 1.29 is 0 Å². The Kier molecular flexibility index (Phi) is 6.58. The summed E-state index contributed by atoms with van der Waals surface area (Å²) >= 11 is 5.44. The summed E-state index contributed by atoms with van der Waals surface area (Å²) in [5, 5.41) is 2.15. The van der Waals surface area contributed by atoms with Gasteiger partial charge in [-0.15, -0.1) is 11.3 Å². The van der Waals surface area contributed by atoms with Gasteiger partial charge in [0.1, 0.15) is 0 Å². The van der Waals surface area contributed by atoms with Crippen LogP contribution in [0.4, 0.5) is 0 Å². The molecule has 0 aliphatic heterocycles. The Morgan fingerprint density at radius 1 is 1.25 bits per heavy atom. The number of likely N-dealkylation sites (N-methyl/N-ethyl adjacent to an activating group) is 1. The summed E-state index contributed by atoms with van der Waals surface area (Å²) in [5.41, 5.74) is 0. The molecule has 0 aliphatic carbocycles. The molecule has 0 fully saturated rings. The lowest BCUT2D eigenvalue weighted by Crippen LogP contribution is -2.31. The molecule has 0 N–H and O–H groups in total. The zero-order valence-corrected chi connectivity index (χ0v) is 12.8. The van der Waals surface area contributed by atoms with E-state index in [2.05, 4.69) is 58.2 Å². The van der Waals surface area contributed by atoms with Gasteiger partial charge in [0.05, 0.1) is 0 Å². The molecule has 0 saturated heterocycles. The van der Waals surface area contributed by atoms with E-state index in [0.717, 1.165) is 19.6 Å². The first kappa shape index (κ1) is 14.2. The van der Waals surface area contributed by atoms with Crippen LogP contribution >= 0.6 is 27.3 Å². The Bertz CT molecular complexity index is 299. The van der Waals surface area contributed by atoms with Gasteiger partial charge in [0.25, 0.3) is 0 Å². The van der Waals surface area contributed by atoms with Gasteiger partial charge < -0.3 is 4.90 Å². The maximum absolute atomic E-state index is 3.60. The van der Waals surface area contributed by atoms with Crippen molar-refractivity contribution in [3.8, 4) is 0 Å². The summed E-state index contributed by atoms with van der Waals surface area (Å²) in [4.78, 5) is 6.20. The molecule has 4 heteroatoms. The Labute approximate surface area is 111 Å². The molecule has 0 aliphatic rings. The zero-order chi connectivity index (χ0) is 12.0. The van der Waals surface area contributed by atoms with Crippen molar-refractivity contribution in [3.05, 3.63) is 20.8 Å². The summed E-state index contributed by atoms with van der Waals surface area (Å²) in [6, 6.07) is 2.13. The minimum atomic E-state index is 1.07. The normalized spacial score (nSPS) is 11.6. The molecule has 2 nitrogen and oxygen atoms in total. The minimum absolute atomic E-state index is 1.07. The lowest BCUT2D eigenvalue weighted by molar-refractivity contribution is 0.235. The third-order valence-electron chi connectivity index (χ3n) is 2.46. The number of thiophene rings is 1. The first-order valence-electron chi connectivity index (χ1n) is 5.72. The maximum Gasteiger partial charge on any atom is 0.0339 e. The van der Waals surface area contributed by atoms with E-state index in [0.29, 0.717) is 0 Å². The minimum Gasteiger partial charge on any atom is -0.308 e. The zero-order valence-electron chi connectivity index (χ0n) is 10.4. The lowest BCUT2D eigenvalue weighted by Gasteiger charge is -2.23. The van der Waals surface area contributed by atoms with Gasteiger partial charge in [-0.3, -0.25) is 4.90 Å². The van der Waals surface area contributed by atoms with Gasteiger partial charge in [0.2, 0.25) is 0 Å². The lowest BCUT2D eigenvalue weighted by atomic mass is 10.3. The predicted octanol–water partition coefficient (Wildman–Crippen LogP) is 3.28. The van der Waals surface area contributed by atoms with Gasteiger partial charge >= 0.3 is 0 Å². The van der Waals surface area contributed by atoms with Crippen LogP contribution in [0.3, 0.4) is 0 Å². The Hall–Kier alpha value is 0.100. The third-order valence-corrected chi connectivity index (χ3v) is 4.37. The van der Waals surface area contributed by atoms with Crippen molar-refractivity contribution in [3.63, 3.8) is 0 Å². The van der Waals surface area contributed by atoms with Crippen LogP contribution in [-0.2, 0) is 6.54 Å². The average molecular weight is 305 g/mol. The summed E-state index contributed by atoms with van der Waals surface area (Å²) < 4.78 is 1.25. The molecule has 0 aromatic carbocycles. The molecule has 1 rings (SSSR count). The standard InChI is InChI=1S/C12H21BrN2S/c1-4-6-15(8-7-14(2)3)10-12-11(13)5-9-16-12/h5,9H,4,6-8,10H2,1-3H3. The van der Waals surface area contributed by atoms with Gasteiger partial charge in [-0.05, 0) is 54.4 Å². The van der Waals surface area contributed by atoms with E-state index in [1.807, 2.05) is 11.3 Å². The fourth-order valence-electron chi connectivity index (χ4n) is 1.57. The van der Waals surface area contributed by atoms with E-state index in [9.17, 15) is 0 Å². The molecule has 0 radical (unpaired) electrons. The Morgan fingerprint density at radius 2 is 2.00 bits per heavy atom. The SMILES string of the molecule is CCCN(CCN(C)C)Cc1sccc1Br. The monoisotopic (exact) mass is 304 g/mol. The largest absolute Gasteiger partial charge is 0.308 e. The maximum atomic E-state index is 3.60. The van der Waals surface area contributed by atoms with Crippen LogP contribution in [0.5, 0.6) is 0 Å². The van der Waals surface area contributed by atoms with Gasteiger partial charge in [0, 0.05) is 29.0 Å². The van der Waals surface area contributed by atoms with E-state index in [4.69, 9.17) is 0 Å². The second-order valence-electron chi connectivity index (χ2n) is 4.27. The number of hydrogen-bond acceptors (Lipinski definition) is 3. The highest BCUT2D eigenvalue weighted by molar-refractivity contribution is 9.10. The van der Waals surface area contributed by atoms with Crippen LogP contribution in [0.1, 0.15) is 18.2 Å². The molecule has 1 aromatic heterocycles. The molecule has 1 aromatic rings. The molecular weight excluding hydrogens is 284 g/mol. The first-order chi connectivity index (χ1) is 7.63. The van der Waals surface area contributed by atoms with Crippen molar-refractivity contribution >= 4 is 27.3 Å². The van der Waals surface area contributed by atoms with E-state index >= 15 is 0 Å². The van der Waals surface area contributed by atoms with Crippen LogP contribution in [0.2, 0.25) is 0 Å². The molecule has 92 valence electrons. The number of hydrogen-bond donors (Lipinski definition) is 0. The summed E-state index contributed by atoms with van der Waals surface area (Å²) in [5.74, 6) is 0. The first-order valence-corrected chi connectivity index (χ1v) is 7.39. The highest BCUT2D eigenvalue weighted by Gasteiger charge is 2.08. The molecule has 0 amide bonds. The van der Waals surface area contributed by atoms with E-state index in [1.165, 1.54) is 22.3 Å². The summed E-state index contributed by atoms with van der Waals surface area (Å²) in [6.07, 6.45) is 1.22. The van der Waals surface area contributed by atoms with Gasteiger partial charge in [0.15, 0.2) is 0 Å². The van der Waals surface area contributed by atoms with Crippen LogP contribution in [0.25, 0.3) is 0 Å². The molecule has 0 bridgehead atoms.